The van der Waals surface area contributed by atoms with Crippen LogP contribution in [0.15, 0.2) is 71.6 Å². The molecule has 8 heteroatoms. The molecule has 0 aliphatic heterocycles. The molecule has 178 valence electrons. The Morgan fingerprint density at radius 3 is 2.26 bits per heavy atom. The van der Waals surface area contributed by atoms with Gasteiger partial charge in [0, 0.05) is 47.1 Å². The summed E-state index contributed by atoms with van der Waals surface area (Å²) in [6.07, 6.45) is 0. The van der Waals surface area contributed by atoms with Crippen LogP contribution in [0.1, 0.15) is 20.8 Å². The van der Waals surface area contributed by atoms with Gasteiger partial charge in [-0.1, -0.05) is 32.0 Å². The second-order valence-electron chi connectivity index (χ2n) is 7.89. The van der Waals surface area contributed by atoms with Gasteiger partial charge in [-0.25, -0.2) is 8.42 Å². The number of amides is 1. The predicted octanol–water partition coefficient (Wildman–Crippen LogP) is 4.86. The summed E-state index contributed by atoms with van der Waals surface area (Å²) < 4.78 is 34.4. The van der Waals surface area contributed by atoms with Crippen molar-refractivity contribution in [2.45, 2.75) is 32.2 Å². The van der Waals surface area contributed by atoms with Gasteiger partial charge in [0.1, 0.15) is 5.75 Å². The molecule has 4 rings (SSSR count). The number of rotatable bonds is 9. The van der Waals surface area contributed by atoms with Crippen molar-refractivity contribution < 1.29 is 17.9 Å². The molecular weight excluding hydrogens is 450 g/mol. The summed E-state index contributed by atoms with van der Waals surface area (Å²) in [7, 11) is -3.53. The van der Waals surface area contributed by atoms with Crippen molar-refractivity contribution in [2.24, 2.45) is 0 Å². The van der Waals surface area contributed by atoms with Crippen molar-refractivity contribution in [1.29, 1.82) is 0 Å². The van der Waals surface area contributed by atoms with E-state index in [1.165, 1.54) is 22.0 Å². The van der Waals surface area contributed by atoms with E-state index < -0.39 is 10.0 Å². The Morgan fingerprint density at radius 2 is 1.59 bits per heavy atom. The van der Waals surface area contributed by atoms with Gasteiger partial charge in [-0.05, 0) is 55.5 Å². The summed E-state index contributed by atoms with van der Waals surface area (Å²) in [5, 5.41) is 5.12. The maximum atomic E-state index is 12.6. The van der Waals surface area contributed by atoms with Gasteiger partial charge in [0.2, 0.25) is 10.0 Å². The number of para-hydroxylation sites is 1. The van der Waals surface area contributed by atoms with E-state index in [0.717, 1.165) is 22.8 Å². The van der Waals surface area contributed by atoms with Crippen molar-refractivity contribution in [3.63, 3.8) is 0 Å². The average molecular weight is 480 g/mol. The monoisotopic (exact) mass is 479 g/mol. The van der Waals surface area contributed by atoms with Gasteiger partial charge in [0.15, 0.2) is 6.61 Å². The number of hydrogen-bond donors (Lipinski definition) is 1. The van der Waals surface area contributed by atoms with E-state index in [1.807, 2.05) is 30.3 Å². The number of nitrogens with zero attached hydrogens (tertiary/aromatic N) is 2. The molecule has 0 saturated heterocycles. The number of nitrogens with one attached hydrogen (secondary N) is 1. The molecular formula is C26H29N3O4S. The molecule has 0 saturated carbocycles. The highest BCUT2D eigenvalue weighted by Crippen LogP contribution is 2.31. The van der Waals surface area contributed by atoms with Gasteiger partial charge in [-0.15, -0.1) is 0 Å². The largest absolute Gasteiger partial charge is 0.484 e. The van der Waals surface area contributed by atoms with Crippen molar-refractivity contribution in [1.82, 2.24) is 8.87 Å². The zero-order chi connectivity index (χ0) is 24.3. The molecule has 0 bridgehead atoms. The lowest BCUT2D eigenvalue weighted by atomic mass is 10.1. The highest BCUT2D eigenvalue weighted by molar-refractivity contribution is 7.89. The van der Waals surface area contributed by atoms with Crippen LogP contribution in [-0.4, -0.2) is 42.9 Å². The molecule has 4 aromatic rings. The maximum absolute atomic E-state index is 12.6. The van der Waals surface area contributed by atoms with Crippen LogP contribution in [0.25, 0.3) is 21.8 Å². The Bertz CT molecular complexity index is 1420. The molecule has 0 aliphatic carbocycles. The molecule has 1 amide bonds. The SMILES string of the molecule is CCN(CC)S(=O)(=O)c1ccc(OCC(=O)Nc2ccc3c(c2)c2ccccc2n3CC)cc1. The lowest BCUT2D eigenvalue weighted by Crippen LogP contribution is -2.30. The van der Waals surface area contributed by atoms with Crippen LogP contribution >= 0.6 is 0 Å². The van der Waals surface area contributed by atoms with Gasteiger partial charge >= 0.3 is 0 Å². The van der Waals surface area contributed by atoms with E-state index in [1.54, 1.807) is 26.0 Å². The lowest BCUT2D eigenvalue weighted by molar-refractivity contribution is -0.118. The molecule has 0 fully saturated rings. The van der Waals surface area contributed by atoms with Crippen LogP contribution in [0.2, 0.25) is 0 Å². The van der Waals surface area contributed by atoms with Crippen LogP contribution in [0.4, 0.5) is 5.69 Å². The summed E-state index contributed by atoms with van der Waals surface area (Å²) in [5.74, 6) is 0.133. The summed E-state index contributed by atoms with van der Waals surface area (Å²) in [4.78, 5) is 12.7. The normalized spacial score (nSPS) is 11.9. The molecule has 34 heavy (non-hydrogen) atoms. The van der Waals surface area contributed by atoms with Crippen molar-refractivity contribution >= 4 is 43.4 Å². The van der Waals surface area contributed by atoms with Crippen LogP contribution in [0.3, 0.4) is 0 Å². The van der Waals surface area contributed by atoms with Crippen LogP contribution in [0, 0.1) is 0 Å². The number of aryl methyl sites for hydroxylation is 1. The average Bonchev–Trinajstić information content (AvgIpc) is 3.16. The van der Waals surface area contributed by atoms with Gasteiger partial charge in [-0.3, -0.25) is 4.79 Å². The zero-order valence-electron chi connectivity index (χ0n) is 19.6. The molecule has 0 radical (unpaired) electrons. The minimum atomic E-state index is -3.53. The first-order valence-electron chi connectivity index (χ1n) is 11.4. The number of carbonyl (C=O) groups is 1. The smallest absolute Gasteiger partial charge is 0.262 e. The van der Waals surface area contributed by atoms with Gasteiger partial charge in [0.25, 0.3) is 5.91 Å². The fourth-order valence-electron chi connectivity index (χ4n) is 4.24. The number of aromatic nitrogens is 1. The first kappa shape index (κ1) is 23.8. The third kappa shape index (κ3) is 4.51. The van der Waals surface area contributed by atoms with Crippen molar-refractivity contribution in [3.05, 3.63) is 66.7 Å². The molecule has 7 nitrogen and oxygen atoms in total. The molecule has 3 aromatic carbocycles. The Balaban J connectivity index is 1.44. The molecule has 0 unspecified atom stereocenters. The summed E-state index contributed by atoms with van der Waals surface area (Å²) in [5.41, 5.74) is 2.98. The fourth-order valence-corrected chi connectivity index (χ4v) is 5.70. The van der Waals surface area contributed by atoms with Gasteiger partial charge in [0.05, 0.1) is 4.90 Å². The summed E-state index contributed by atoms with van der Waals surface area (Å²) in [6, 6.07) is 20.2. The number of fused-ring (bicyclic) bond motifs is 3. The number of sulfonamides is 1. The van der Waals surface area contributed by atoms with E-state index in [0.29, 0.717) is 24.5 Å². The van der Waals surface area contributed by atoms with Crippen molar-refractivity contribution in [3.8, 4) is 5.75 Å². The number of benzene rings is 3. The third-order valence-electron chi connectivity index (χ3n) is 5.91. The summed E-state index contributed by atoms with van der Waals surface area (Å²) >= 11 is 0. The molecule has 0 aliphatic rings. The van der Waals surface area contributed by atoms with E-state index in [9.17, 15) is 13.2 Å². The van der Waals surface area contributed by atoms with Gasteiger partial charge in [-0.2, -0.15) is 4.31 Å². The molecule has 1 N–H and O–H groups in total. The topological polar surface area (TPSA) is 80.6 Å². The first-order valence-corrected chi connectivity index (χ1v) is 12.9. The van der Waals surface area contributed by atoms with E-state index in [2.05, 4.69) is 28.9 Å². The standard InChI is InChI=1S/C26H29N3O4S/c1-4-28(5-2)34(31,32)21-14-12-20(13-15-21)33-18-26(30)27-19-11-16-25-23(17-19)22-9-7-8-10-24(22)29(25)6-3/h7-17H,4-6,18H2,1-3H3,(H,27,30). The van der Waals surface area contributed by atoms with Crippen molar-refractivity contribution in [2.75, 3.05) is 25.0 Å². The maximum Gasteiger partial charge on any atom is 0.262 e. The lowest BCUT2D eigenvalue weighted by Gasteiger charge is -2.18. The first-order chi connectivity index (χ1) is 16.4. The van der Waals surface area contributed by atoms with Crippen LogP contribution in [-0.2, 0) is 21.4 Å². The fraction of sp³-hybridized carbons (Fsp3) is 0.269. The molecule has 1 heterocycles. The second-order valence-corrected chi connectivity index (χ2v) is 9.83. The Kier molecular flexibility index (Phi) is 6.90. The van der Waals surface area contributed by atoms with E-state index in [-0.39, 0.29) is 17.4 Å². The Morgan fingerprint density at radius 1 is 0.912 bits per heavy atom. The second kappa shape index (κ2) is 9.87. The van der Waals surface area contributed by atoms with Crippen LogP contribution < -0.4 is 10.1 Å². The number of carbonyl (C=O) groups excluding carboxylic acids is 1. The highest BCUT2D eigenvalue weighted by atomic mass is 32.2. The van der Waals surface area contributed by atoms with E-state index >= 15 is 0 Å². The summed E-state index contributed by atoms with van der Waals surface area (Å²) in [6.45, 7) is 7.21. The minimum absolute atomic E-state index is 0.184. The van der Waals surface area contributed by atoms with Gasteiger partial charge < -0.3 is 14.6 Å². The zero-order valence-corrected chi connectivity index (χ0v) is 20.4. The quantitative estimate of drug-likeness (QED) is 0.372. The molecule has 0 spiro atoms. The Labute approximate surface area is 200 Å². The number of ether oxygens (including phenoxy) is 1. The molecule has 1 aromatic heterocycles. The third-order valence-corrected chi connectivity index (χ3v) is 7.97. The Hall–Kier alpha value is -3.36. The minimum Gasteiger partial charge on any atom is -0.484 e. The van der Waals surface area contributed by atoms with Crippen LogP contribution in [0.5, 0.6) is 5.75 Å². The molecule has 0 atom stereocenters. The number of anilines is 1. The number of hydrogen-bond acceptors (Lipinski definition) is 4. The van der Waals surface area contributed by atoms with E-state index in [4.69, 9.17) is 4.74 Å². The predicted molar refractivity (Wildman–Crippen MR) is 136 cm³/mol. The highest BCUT2D eigenvalue weighted by Gasteiger charge is 2.21.